The zero-order chi connectivity index (χ0) is 8.43. The molecular formula is C6H8ClN3S. The molecule has 0 amide bonds. The summed E-state index contributed by atoms with van der Waals surface area (Å²) in [5.41, 5.74) is 5.82. The maximum atomic E-state index is 5.71. The topological polar surface area (TPSA) is 54.7 Å². The second-order valence-corrected chi connectivity index (χ2v) is 2.83. The summed E-state index contributed by atoms with van der Waals surface area (Å²) in [7, 11) is 0. The van der Waals surface area contributed by atoms with Gasteiger partial charge in [0.15, 0.2) is 4.64 Å². The number of aryl methyl sites for hydroxylation is 1. The number of aromatic amines is 1. The molecule has 1 aromatic rings. The van der Waals surface area contributed by atoms with Crippen LogP contribution in [0.5, 0.6) is 0 Å². The molecule has 0 atom stereocenters. The lowest BCUT2D eigenvalue weighted by Crippen LogP contribution is -1.98. The number of nitrogen functional groups attached to an aromatic ring is 1. The van der Waals surface area contributed by atoms with Crippen molar-refractivity contribution < 1.29 is 0 Å². The number of rotatable bonds is 1. The van der Waals surface area contributed by atoms with E-state index in [0.29, 0.717) is 15.5 Å². The summed E-state index contributed by atoms with van der Waals surface area (Å²) in [5, 5.41) is 0.377. The molecule has 3 nitrogen and oxygen atoms in total. The lowest BCUT2D eigenvalue weighted by Gasteiger charge is -2.00. The van der Waals surface area contributed by atoms with E-state index in [2.05, 4.69) is 9.97 Å². The molecule has 0 fully saturated rings. The van der Waals surface area contributed by atoms with Crippen molar-refractivity contribution in [1.29, 1.82) is 0 Å². The number of hydrogen-bond acceptors (Lipinski definition) is 3. The highest BCUT2D eigenvalue weighted by Crippen LogP contribution is 2.15. The van der Waals surface area contributed by atoms with Gasteiger partial charge in [-0.2, -0.15) is 0 Å². The highest BCUT2D eigenvalue weighted by Gasteiger charge is 2.00. The molecule has 0 saturated heterocycles. The van der Waals surface area contributed by atoms with Crippen LogP contribution in [-0.4, -0.2) is 9.97 Å². The molecule has 11 heavy (non-hydrogen) atoms. The minimum absolute atomic E-state index is 0.346. The Balaban J connectivity index is 3.32. The number of nitrogens with two attached hydrogens (primary N) is 1. The van der Waals surface area contributed by atoms with E-state index in [1.807, 2.05) is 6.92 Å². The molecule has 0 unspecified atom stereocenters. The molecule has 0 aliphatic carbocycles. The Morgan fingerprint density at radius 1 is 1.73 bits per heavy atom. The van der Waals surface area contributed by atoms with Crippen LogP contribution in [0, 0.1) is 4.64 Å². The SMILES string of the molecule is CCc1nc(=S)c(N)c(Cl)[nH]1. The Morgan fingerprint density at radius 2 is 2.36 bits per heavy atom. The van der Waals surface area contributed by atoms with Crippen molar-refractivity contribution in [3.05, 3.63) is 15.6 Å². The van der Waals surface area contributed by atoms with Gasteiger partial charge in [0.2, 0.25) is 0 Å². The average molecular weight is 190 g/mol. The van der Waals surface area contributed by atoms with Gasteiger partial charge in [-0.3, -0.25) is 0 Å². The first-order chi connectivity index (χ1) is 5.15. The van der Waals surface area contributed by atoms with Crippen LogP contribution in [-0.2, 0) is 6.42 Å². The summed E-state index contributed by atoms with van der Waals surface area (Å²) < 4.78 is 0.366. The van der Waals surface area contributed by atoms with E-state index in [-0.39, 0.29) is 0 Å². The van der Waals surface area contributed by atoms with Gasteiger partial charge in [-0.25, -0.2) is 4.98 Å². The first-order valence-electron chi connectivity index (χ1n) is 3.19. The second-order valence-electron chi connectivity index (χ2n) is 2.07. The quantitative estimate of drug-likeness (QED) is 0.525. The van der Waals surface area contributed by atoms with Gasteiger partial charge in [-0.1, -0.05) is 30.7 Å². The highest BCUT2D eigenvalue weighted by molar-refractivity contribution is 7.71. The van der Waals surface area contributed by atoms with Crippen molar-refractivity contribution in [2.24, 2.45) is 0 Å². The molecular weight excluding hydrogens is 182 g/mol. The smallest absolute Gasteiger partial charge is 0.154 e. The lowest BCUT2D eigenvalue weighted by atomic mass is 10.4. The highest BCUT2D eigenvalue weighted by atomic mass is 35.5. The Morgan fingerprint density at radius 3 is 2.82 bits per heavy atom. The van der Waals surface area contributed by atoms with Crippen LogP contribution in [0.4, 0.5) is 5.69 Å². The van der Waals surface area contributed by atoms with Crippen LogP contribution in [0.15, 0.2) is 0 Å². The summed E-state index contributed by atoms with van der Waals surface area (Å²) in [6.07, 6.45) is 0.768. The minimum atomic E-state index is 0.346. The Labute approximate surface area is 74.6 Å². The van der Waals surface area contributed by atoms with Gasteiger partial charge in [-0.05, 0) is 0 Å². The van der Waals surface area contributed by atoms with Gasteiger partial charge in [0.25, 0.3) is 0 Å². The third-order valence-corrected chi connectivity index (χ3v) is 1.90. The van der Waals surface area contributed by atoms with Crippen molar-refractivity contribution in [3.8, 4) is 0 Å². The van der Waals surface area contributed by atoms with Crippen LogP contribution < -0.4 is 5.73 Å². The number of hydrogen-bond donors (Lipinski definition) is 2. The van der Waals surface area contributed by atoms with Crippen LogP contribution in [0.2, 0.25) is 5.15 Å². The zero-order valence-electron chi connectivity index (χ0n) is 6.02. The number of H-pyrrole nitrogens is 1. The van der Waals surface area contributed by atoms with Crippen molar-refractivity contribution in [3.63, 3.8) is 0 Å². The Hall–Kier alpha value is -0.610. The van der Waals surface area contributed by atoms with Gasteiger partial charge in [-0.15, -0.1) is 0 Å². The standard InChI is InChI=1S/C6H8ClN3S/c1-2-3-9-5(7)4(8)6(11)10-3/h2,8H2,1H3,(H,9,10,11). The first-order valence-corrected chi connectivity index (χ1v) is 3.98. The van der Waals surface area contributed by atoms with E-state index < -0.39 is 0 Å². The fourth-order valence-electron chi connectivity index (χ4n) is 0.666. The first kappa shape index (κ1) is 8.49. The molecule has 60 valence electrons. The van der Waals surface area contributed by atoms with Crippen molar-refractivity contribution in [2.45, 2.75) is 13.3 Å². The third kappa shape index (κ3) is 1.70. The van der Waals surface area contributed by atoms with Crippen LogP contribution in [0.25, 0.3) is 0 Å². The van der Waals surface area contributed by atoms with Crippen molar-refractivity contribution in [2.75, 3.05) is 5.73 Å². The summed E-state index contributed by atoms with van der Waals surface area (Å²) >= 11 is 10.6. The summed E-state index contributed by atoms with van der Waals surface area (Å²) in [6.45, 7) is 1.96. The van der Waals surface area contributed by atoms with E-state index in [1.54, 1.807) is 0 Å². The molecule has 1 heterocycles. The summed E-state index contributed by atoms with van der Waals surface area (Å²) in [5.74, 6) is 0.759. The fraction of sp³-hybridized carbons (Fsp3) is 0.333. The maximum absolute atomic E-state index is 5.71. The van der Waals surface area contributed by atoms with E-state index in [9.17, 15) is 0 Å². The van der Waals surface area contributed by atoms with Gasteiger partial charge in [0.05, 0.1) is 0 Å². The number of halogens is 1. The van der Waals surface area contributed by atoms with Crippen LogP contribution in [0.3, 0.4) is 0 Å². The van der Waals surface area contributed by atoms with E-state index in [0.717, 1.165) is 12.2 Å². The molecule has 1 rings (SSSR count). The van der Waals surface area contributed by atoms with Gasteiger partial charge < -0.3 is 10.7 Å². The van der Waals surface area contributed by atoms with Crippen molar-refractivity contribution in [1.82, 2.24) is 9.97 Å². The van der Waals surface area contributed by atoms with Crippen LogP contribution >= 0.6 is 23.8 Å². The molecule has 3 N–H and O–H groups in total. The Bertz CT molecular complexity index is 320. The van der Waals surface area contributed by atoms with Crippen LogP contribution in [0.1, 0.15) is 12.7 Å². The molecule has 0 aromatic carbocycles. The predicted molar refractivity (Wildman–Crippen MR) is 48.2 cm³/mol. The summed E-state index contributed by atoms with van der Waals surface area (Å²) in [4.78, 5) is 6.83. The minimum Gasteiger partial charge on any atom is -0.394 e. The average Bonchev–Trinajstić information content (AvgIpc) is 1.99. The Kier molecular flexibility index (Phi) is 2.46. The normalized spacial score (nSPS) is 10.0. The monoisotopic (exact) mass is 189 g/mol. The molecule has 5 heteroatoms. The van der Waals surface area contributed by atoms with Crippen molar-refractivity contribution >= 4 is 29.5 Å². The van der Waals surface area contributed by atoms with Gasteiger partial charge in [0, 0.05) is 6.42 Å². The zero-order valence-corrected chi connectivity index (χ0v) is 7.59. The van der Waals surface area contributed by atoms with E-state index >= 15 is 0 Å². The maximum Gasteiger partial charge on any atom is 0.154 e. The molecule has 0 bridgehead atoms. The molecule has 0 aliphatic heterocycles. The number of nitrogens with one attached hydrogen (secondary N) is 1. The number of nitrogens with zero attached hydrogens (tertiary/aromatic N) is 1. The fourth-order valence-corrected chi connectivity index (χ4v) is 1.13. The second kappa shape index (κ2) is 3.19. The predicted octanol–water partition coefficient (Wildman–Crippen LogP) is 1.94. The van der Waals surface area contributed by atoms with E-state index in [4.69, 9.17) is 29.6 Å². The number of aromatic nitrogens is 2. The number of anilines is 1. The van der Waals surface area contributed by atoms with Gasteiger partial charge in [0.1, 0.15) is 16.7 Å². The lowest BCUT2D eigenvalue weighted by molar-refractivity contribution is 0.936. The van der Waals surface area contributed by atoms with E-state index in [1.165, 1.54) is 0 Å². The summed E-state index contributed by atoms with van der Waals surface area (Å²) in [6, 6.07) is 0. The molecule has 0 radical (unpaired) electrons. The molecule has 1 aromatic heterocycles. The molecule has 0 spiro atoms. The van der Waals surface area contributed by atoms with Gasteiger partial charge >= 0.3 is 0 Å². The third-order valence-electron chi connectivity index (χ3n) is 1.29. The largest absolute Gasteiger partial charge is 0.394 e. The molecule has 0 aliphatic rings. The molecule has 0 saturated carbocycles.